The van der Waals surface area contributed by atoms with Crippen LogP contribution in [0.5, 0.6) is 0 Å². The van der Waals surface area contributed by atoms with Crippen molar-refractivity contribution in [3.05, 3.63) is 35.9 Å². The maximum absolute atomic E-state index is 13.5. The van der Waals surface area contributed by atoms with Gasteiger partial charge in [-0.3, -0.25) is 4.79 Å². The minimum atomic E-state index is -0.638. The summed E-state index contributed by atoms with van der Waals surface area (Å²) in [5.41, 5.74) is 0.293. The molecular weight excluding hydrogens is 534 g/mol. The maximum Gasteiger partial charge on any atom is 0.410 e. The molecule has 2 heterocycles. The van der Waals surface area contributed by atoms with Crippen molar-refractivity contribution in [2.24, 2.45) is 5.92 Å². The first-order valence-corrected chi connectivity index (χ1v) is 15.9. The van der Waals surface area contributed by atoms with Crippen molar-refractivity contribution < 1.29 is 28.6 Å². The van der Waals surface area contributed by atoms with Gasteiger partial charge in [0.25, 0.3) is 0 Å². The van der Waals surface area contributed by atoms with E-state index in [0.29, 0.717) is 37.9 Å². The molecule has 4 rings (SSSR count). The molecule has 0 radical (unpaired) electrons. The first-order valence-electron chi connectivity index (χ1n) is 15.9. The van der Waals surface area contributed by atoms with E-state index >= 15 is 0 Å². The number of carbonyl (C=O) groups is 3. The SMILES string of the molecule is CC(C)N(C(=O)OCc1ccccc1)[C@@H]1CC[C@H](CCN(C(=O)CC2CCOCC2)C2CC2)N(C(=O)OC(C)(C)C)C1. The monoisotopic (exact) mass is 585 g/mol. The summed E-state index contributed by atoms with van der Waals surface area (Å²) in [6.07, 6.45) is 6.01. The third-order valence-corrected chi connectivity index (χ3v) is 8.49. The zero-order valence-electron chi connectivity index (χ0n) is 26.3. The first kappa shape index (κ1) is 32.1. The second-order valence-corrected chi connectivity index (χ2v) is 13.4. The zero-order valence-corrected chi connectivity index (χ0v) is 26.3. The van der Waals surface area contributed by atoms with Crippen molar-refractivity contribution in [3.8, 4) is 0 Å². The summed E-state index contributed by atoms with van der Waals surface area (Å²) in [5.74, 6) is 0.624. The van der Waals surface area contributed by atoms with Crippen LogP contribution in [0.3, 0.4) is 0 Å². The molecule has 3 fully saturated rings. The predicted molar refractivity (Wildman–Crippen MR) is 161 cm³/mol. The molecule has 234 valence electrons. The molecule has 0 N–H and O–H groups in total. The van der Waals surface area contributed by atoms with E-state index in [9.17, 15) is 14.4 Å². The number of likely N-dealkylation sites (tertiary alicyclic amines) is 1. The van der Waals surface area contributed by atoms with Gasteiger partial charge in [0, 0.05) is 50.8 Å². The highest BCUT2D eigenvalue weighted by Gasteiger charge is 2.40. The zero-order chi connectivity index (χ0) is 30.3. The van der Waals surface area contributed by atoms with Crippen LogP contribution in [0.15, 0.2) is 30.3 Å². The summed E-state index contributed by atoms with van der Waals surface area (Å²) in [5, 5.41) is 0. The highest BCUT2D eigenvalue weighted by molar-refractivity contribution is 5.77. The number of piperidine rings is 1. The van der Waals surface area contributed by atoms with Gasteiger partial charge in [0.1, 0.15) is 12.2 Å². The van der Waals surface area contributed by atoms with Crippen LogP contribution in [0.1, 0.15) is 91.5 Å². The molecule has 9 nitrogen and oxygen atoms in total. The summed E-state index contributed by atoms with van der Waals surface area (Å²) in [6, 6.07) is 9.61. The summed E-state index contributed by atoms with van der Waals surface area (Å²) >= 11 is 0. The third-order valence-electron chi connectivity index (χ3n) is 8.49. The molecule has 0 unspecified atom stereocenters. The van der Waals surface area contributed by atoms with Gasteiger partial charge in [0.15, 0.2) is 0 Å². The smallest absolute Gasteiger partial charge is 0.410 e. The van der Waals surface area contributed by atoms with E-state index in [2.05, 4.69) is 4.90 Å². The van der Waals surface area contributed by atoms with E-state index in [-0.39, 0.29) is 42.8 Å². The molecule has 2 aliphatic heterocycles. The Bertz CT molecular complexity index is 1030. The Labute approximate surface area is 251 Å². The molecule has 2 atom stereocenters. The van der Waals surface area contributed by atoms with Gasteiger partial charge in [-0.1, -0.05) is 30.3 Å². The van der Waals surface area contributed by atoms with Crippen molar-refractivity contribution in [1.82, 2.24) is 14.7 Å². The van der Waals surface area contributed by atoms with Crippen molar-refractivity contribution in [1.29, 1.82) is 0 Å². The van der Waals surface area contributed by atoms with Crippen LogP contribution < -0.4 is 0 Å². The second kappa shape index (κ2) is 14.6. The summed E-state index contributed by atoms with van der Waals surface area (Å²) < 4.78 is 17.0. The van der Waals surface area contributed by atoms with Gasteiger partial charge in [0.05, 0.1) is 6.04 Å². The highest BCUT2D eigenvalue weighted by atomic mass is 16.6. The second-order valence-electron chi connectivity index (χ2n) is 13.4. The third kappa shape index (κ3) is 9.35. The Morgan fingerprint density at radius 1 is 0.976 bits per heavy atom. The van der Waals surface area contributed by atoms with Gasteiger partial charge in [-0.15, -0.1) is 0 Å². The number of benzene rings is 1. The van der Waals surface area contributed by atoms with Gasteiger partial charge in [-0.05, 0) is 91.0 Å². The minimum absolute atomic E-state index is 0.0671. The summed E-state index contributed by atoms with van der Waals surface area (Å²) in [4.78, 5) is 45.8. The molecule has 42 heavy (non-hydrogen) atoms. The van der Waals surface area contributed by atoms with Crippen molar-refractivity contribution in [2.75, 3.05) is 26.3 Å². The molecule has 9 heteroatoms. The van der Waals surface area contributed by atoms with Crippen LogP contribution in [-0.4, -0.2) is 88.9 Å². The van der Waals surface area contributed by atoms with Crippen molar-refractivity contribution in [2.45, 2.75) is 122 Å². The molecule has 1 aromatic rings. The Morgan fingerprint density at radius 2 is 1.64 bits per heavy atom. The fraction of sp³-hybridized carbons (Fsp3) is 0.727. The van der Waals surface area contributed by atoms with Crippen LogP contribution >= 0.6 is 0 Å². The lowest BCUT2D eigenvalue weighted by atomic mass is 9.94. The molecule has 1 aromatic carbocycles. The lowest BCUT2D eigenvalue weighted by Gasteiger charge is -2.45. The van der Waals surface area contributed by atoms with Crippen LogP contribution in [0.2, 0.25) is 0 Å². The molecule has 2 saturated heterocycles. The van der Waals surface area contributed by atoms with Crippen LogP contribution in [-0.2, 0) is 25.6 Å². The number of hydrogen-bond donors (Lipinski definition) is 0. The van der Waals surface area contributed by atoms with E-state index in [1.54, 1.807) is 9.80 Å². The quantitative estimate of drug-likeness (QED) is 0.335. The Hall–Kier alpha value is -2.81. The lowest BCUT2D eigenvalue weighted by Crippen LogP contribution is -2.58. The molecule has 0 aromatic heterocycles. The van der Waals surface area contributed by atoms with Crippen LogP contribution in [0.4, 0.5) is 9.59 Å². The fourth-order valence-electron chi connectivity index (χ4n) is 6.15. The standard InChI is InChI=1S/C33H51N3O6/c1-24(2)36(32(39)41-23-26-9-7-6-8-10-26)29-14-13-28(35(22-29)31(38)42-33(3,4)5)15-18-34(27-11-12-27)30(37)21-25-16-19-40-20-17-25/h6-10,24-25,27-29H,11-23H2,1-5H3/t28-,29-/m1/s1. The highest BCUT2D eigenvalue weighted by Crippen LogP contribution is 2.32. The number of amides is 3. The molecule has 3 amide bonds. The van der Waals surface area contributed by atoms with E-state index in [1.165, 1.54) is 0 Å². The molecule has 1 saturated carbocycles. The maximum atomic E-state index is 13.5. The number of rotatable bonds is 10. The Morgan fingerprint density at radius 3 is 2.26 bits per heavy atom. The van der Waals surface area contributed by atoms with Crippen molar-refractivity contribution >= 4 is 18.1 Å². The number of carbonyl (C=O) groups excluding carboxylic acids is 3. The topological polar surface area (TPSA) is 88.6 Å². The van der Waals surface area contributed by atoms with E-state index in [0.717, 1.165) is 57.3 Å². The molecule has 0 spiro atoms. The Balaban J connectivity index is 1.42. The molecule has 0 bridgehead atoms. The number of ether oxygens (including phenoxy) is 3. The van der Waals surface area contributed by atoms with Gasteiger partial charge < -0.3 is 28.9 Å². The average Bonchev–Trinajstić information content (AvgIpc) is 3.78. The first-order chi connectivity index (χ1) is 20.0. The van der Waals surface area contributed by atoms with Gasteiger partial charge in [-0.25, -0.2) is 9.59 Å². The number of hydrogen-bond acceptors (Lipinski definition) is 6. The van der Waals surface area contributed by atoms with Crippen LogP contribution in [0, 0.1) is 5.92 Å². The molecular formula is C33H51N3O6. The molecule has 1 aliphatic carbocycles. The molecule has 3 aliphatic rings. The Kier molecular flexibility index (Phi) is 11.1. The largest absolute Gasteiger partial charge is 0.445 e. The van der Waals surface area contributed by atoms with Gasteiger partial charge in [0.2, 0.25) is 5.91 Å². The lowest BCUT2D eigenvalue weighted by molar-refractivity contribution is -0.133. The van der Waals surface area contributed by atoms with Gasteiger partial charge in [-0.2, -0.15) is 0 Å². The minimum Gasteiger partial charge on any atom is -0.445 e. The van der Waals surface area contributed by atoms with E-state index < -0.39 is 5.60 Å². The van der Waals surface area contributed by atoms with Gasteiger partial charge >= 0.3 is 12.2 Å². The normalized spacial score (nSPS) is 21.6. The van der Waals surface area contributed by atoms with E-state index in [4.69, 9.17) is 14.2 Å². The van der Waals surface area contributed by atoms with Crippen LogP contribution in [0.25, 0.3) is 0 Å². The predicted octanol–water partition coefficient (Wildman–Crippen LogP) is 6.00. The number of nitrogens with zero attached hydrogens (tertiary/aromatic N) is 3. The summed E-state index contributed by atoms with van der Waals surface area (Å²) in [7, 11) is 0. The summed E-state index contributed by atoms with van der Waals surface area (Å²) in [6.45, 7) is 12.2. The fourth-order valence-corrected chi connectivity index (χ4v) is 6.15. The van der Waals surface area contributed by atoms with Crippen molar-refractivity contribution in [3.63, 3.8) is 0 Å². The average molecular weight is 586 g/mol. The van der Waals surface area contributed by atoms with E-state index in [1.807, 2.05) is 65.0 Å².